The third kappa shape index (κ3) is 2.67. The van der Waals surface area contributed by atoms with Gasteiger partial charge in [0.1, 0.15) is 5.82 Å². The van der Waals surface area contributed by atoms with Crippen molar-refractivity contribution in [2.45, 2.75) is 45.8 Å². The van der Waals surface area contributed by atoms with Crippen molar-refractivity contribution in [1.29, 1.82) is 0 Å². The number of aromatic nitrogens is 1. The van der Waals surface area contributed by atoms with Crippen molar-refractivity contribution in [1.82, 2.24) is 4.98 Å². The first-order chi connectivity index (χ1) is 9.18. The lowest BCUT2D eigenvalue weighted by molar-refractivity contribution is 0.00578. The minimum absolute atomic E-state index is 0.373. The molecule has 2 heterocycles. The zero-order chi connectivity index (χ0) is 15.1. The van der Waals surface area contributed by atoms with E-state index in [1.807, 2.05) is 40.8 Å². The first-order valence-electron chi connectivity index (χ1n) is 6.90. The van der Waals surface area contributed by atoms with Crippen LogP contribution in [-0.2, 0) is 9.31 Å². The van der Waals surface area contributed by atoms with E-state index in [1.54, 1.807) is 6.20 Å². The Morgan fingerprint density at radius 3 is 2.30 bits per heavy atom. The maximum atomic E-state index is 6.09. The molecule has 1 aromatic rings. The van der Waals surface area contributed by atoms with E-state index in [2.05, 4.69) is 16.8 Å². The van der Waals surface area contributed by atoms with Crippen molar-refractivity contribution >= 4 is 30.0 Å². The van der Waals surface area contributed by atoms with Crippen molar-refractivity contribution in [3.63, 3.8) is 0 Å². The summed E-state index contributed by atoms with van der Waals surface area (Å²) in [5.41, 5.74) is 0.130. The molecule has 0 N–H and O–H groups in total. The van der Waals surface area contributed by atoms with Gasteiger partial charge in [0.15, 0.2) is 0 Å². The second-order valence-electron chi connectivity index (χ2n) is 6.17. The Morgan fingerprint density at radius 2 is 1.80 bits per heavy atom. The molecule has 0 bridgehead atoms. The van der Waals surface area contributed by atoms with E-state index in [0.29, 0.717) is 5.02 Å². The van der Waals surface area contributed by atoms with Gasteiger partial charge in [-0.3, -0.25) is 0 Å². The molecule has 110 valence electrons. The highest BCUT2D eigenvalue weighted by Gasteiger charge is 2.52. The normalized spacial score (nSPS) is 20.2. The summed E-state index contributed by atoms with van der Waals surface area (Å²) in [4.78, 5) is 6.48. The first kappa shape index (κ1) is 15.6. The van der Waals surface area contributed by atoms with Crippen LogP contribution in [0.1, 0.15) is 34.6 Å². The highest BCUT2D eigenvalue weighted by Crippen LogP contribution is 2.37. The minimum atomic E-state index is -0.449. The number of pyridine rings is 1. The molecule has 1 aliphatic rings. The SMILES string of the molecule is CCN(C)c1ncc(Cl)cc1B1OC(C)(C)C(C)(C)O1. The van der Waals surface area contributed by atoms with E-state index in [-0.39, 0.29) is 11.2 Å². The summed E-state index contributed by atoms with van der Waals surface area (Å²) in [5.74, 6) is 0.843. The van der Waals surface area contributed by atoms with Crippen molar-refractivity contribution in [2.75, 3.05) is 18.5 Å². The van der Waals surface area contributed by atoms with E-state index in [4.69, 9.17) is 20.9 Å². The fourth-order valence-corrected chi connectivity index (χ4v) is 2.23. The van der Waals surface area contributed by atoms with Gasteiger partial charge in [-0.2, -0.15) is 0 Å². The average Bonchev–Trinajstić information content (AvgIpc) is 2.57. The highest BCUT2D eigenvalue weighted by molar-refractivity contribution is 6.64. The third-order valence-electron chi connectivity index (χ3n) is 4.20. The van der Waals surface area contributed by atoms with Gasteiger partial charge in [0, 0.05) is 25.3 Å². The fraction of sp³-hybridized carbons (Fsp3) is 0.643. The van der Waals surface area contributed by atoms with E-state index in [1.165, 1.54) is 0 Å². The van der Waals surface area contributed by atoms with E-state index >= 15 is 0 Å². The van der Waals surface area contributed by atoms with E-state index in [9.17, 15) is 0 Å². The number of rotatable bonds is 3. The topological polar surface area (TPSA) is 34.6 Å². The van der Waals surface area contributed by atoms with Gasteiger partial charge in [-0.05, 0) is 40.7 Å². The minimum Gasteiger partial charge on any atom is -0.399 e. The molecule has 0 aromatic carbocycles. The Labute approximate surface area is 126 Å². The van der Waals surface area contributed by atoms with Gasteiger partial charge >= 0.3 is 7.12 Å². The predicted octanol–water partition coefficient (Wildman–Crippen LogP) is 2.49. The Morgan fingerprint density at radius 1 is 1.25 bits per heavy atom. The quantitative estimate of drug-likeness (QED) is 0.803. The lowest BCUT2D eigenvalue weighted by Gasteiger charge is -2.32. The molecule has 0 unspecified atom stereocenters. The summed E-state index contributed by atoms with van der Waals surface area (Å²) < 4.78 is 12.2. The third-order valence-corrected chi connectivity index (χ3v) is 4.41. The van der Waals surface area contributed by atoms with Crippen LogP contribution in [0.25, 0.3) is 0 Å². The van der Waals surface area contributed by atoms with Crippen molar-refractivity contribution < 1.29 is 9.31 Å². The monoisotopic (exact) mass is 296 g/mol. The van der Waals surface area contributed by atoms with E-state index < -0.39 is 7.12 Å². The Hall–Kier alpha value is -0.775. The van der Waals surface area contributed by atoms with Crippen LogP contribution in [0.4, 0.5) is 5.82 Å². The molecule has 6 heteroatoms. The van der Waals surface area contributed by atoms with Gasteiger partial charge in [0.2, 0.25) is 0 Å². The summed E-state index contributed by atoms with van der Waals surface area (Å²) in [6.45, 7) is 11.1. The van der Waals surface area contributed by atoms with Crippen LogP contribution >= 0.6 is 11.6 Å². The summed E-state index contributed by atoms with van der Waals surface area (Å²) in [7, 11) is 1.54. The molecule has 0 spiro atoms. The molecule has 1 aromatic heterocycles. The molecule has 1 saturated heterocycles. The molecule has 1 fully saturated rings. The van der Waals surface area contributed by atoms with Crippen molar-refractivity contribution in [3.8, 4) is 0 Å². The van der Waals surface area contributed by atoms with Gasteiger partial charge in [-0.1, -0.05) is 11.6 Å². The van der Waals surface area contributed by atoms with Gasteiger partial charge in [0.05, 0.1) is 16.2 Å². The fourth-order valence-electron chi connectivity index (χ4n) is 2.06. The molecular formula is C14H22BClN2O2. The van der Waals surface area contributed by atoms with Crippen LogP contribution in [0.3, 0.4) is 0 Å². The maximum Gasteiger partial charge on any atom is 0.498 e. The smallest absolute Gasteiger partial charge is 0.399 e. The van der Waals surface area contributed by atoms with Crippen LogP contribution in [-0.4, -0.2) is 36.9 Å². The summed E-state index contributed by atoms with van der Waals surface area (Å²) >= 11 is 6.09. The van der Waals surface area contributed by atoms with Crippen LogP contribution < -0.4 is 10.4 Å². The van der Waals surface area contributed by atoms with Crippen molar-refractivity contribution in [2.24, 2.45) is 0 Å². The molecule has 20 heavy (non-hydrogen) atoms. The predicted molar refractivity (Wildman–Crippen MR) is 83.9 cm³/mol. The molecular weight excluding hydrogens is 274 g/mol. The molecule has 0 saturated carbocycles. The van der Waals surface area contributed by atoms with Gasteiger partial charge in [-0.25, -0.2) is 4.98 Å². The lowest BCUT2D eigenvalue weighted by Crippen LogP contribution is -2.41. The molecule has 1 aliphatic heterocycles. The zero-order valence-electron chi connectivity index (χ0n) is 13.0. The number of hydrogen-bond acceptors (Lipinski definition) is 4. The molecule has 4 nitrogen and oxygen atoms in total. The van der Waals surface area contributed by atoms with E-state index in [0.717, 1.165) is 17.8 Å². The second-order valence-corrected chi connectivity index (χ2v) is 6.61. The van der Waals surface area contributed by atoms with Crippen LogP contribution in [0.15, 0.2) is 12.3 Å². The van der Waals surface area contributed by atoms with Gasteiger partial charge in [-0.15, -0.1) is 0 Å². The Kier molecular flexibility index (Phi) is 4.06. The Balaban J connectivity index is 2.41. The standard InChI is InChI=1S/C14H22BClN2O2/c1-7-18(6)12-11(8-10(16)9-17-12)15-19-13(2,3)14(4,5)20-15/h8-9H,7H2,1-6H3. The van der Waals surface area contributed by atoms with Crippen molar-refractivity contribution in [3.05, 3.63) is 17.3 Å². The summed E-state index contributed by atoms with van der Waals surface area (Å²) in [5, 5.41) is 0.586. The molecule has 0 atom stereocenters. The molecule has 0 radical (unpaired) electrons. The lowest BCUT2D eigenvalue weighted by atomic mass is 9.79. The highest BCUT2D eigenvalue weighted by atomic mass is 35.5. The first-order valence-corrected chi connectivity index (χ1v) is 7.28. The number of halogens is 1. The summed E-state index contributed by atoms with van der Waals surface area (Å²) in [6, 6.07) is 1.87. The molecule has 2 rings (SSSR count). The Bertz CT molecular complexity index is 492. The molecule has 0 amide bonds. The van der Waals surface area contributed by atoms with Gasteiger partial charge in [0.25, 0.3) is 0 Å². The largest absolute Gasteiger partial charge is 0.498 e. The van der Waals surface area contributed by atoms with Crippen LogP contribution in [0.2, 0.25) is 5.02 Å². The number of nitrogens with zero attached hydrogens (tertiary/aromatic N) is 2. The van der Waals surface area contributed by atoms with Crippen LogP contribution in [0, 0.1) is 0 Å². The number of anilines is 1. The van der Waals surface area contributed by atoms with Crippen LogP contribution in [0.5, 0.6) is 0 Å². The maximum absolute atomic E-state index is 6.09. The summed E-state index contributed by atoms with van der Waals surface area (Å²) in [6.07, 6.45) is 1.65. The number of hydrogen-bond donors (Lipinski definition) is 0. The average molecular weight is 297 g/mol. The second kappa shape index (κ2) is 5.21. The molecule has 0 aliphatic carbocycles. The van der Waals surface area contributed by atoms with Gasteiger partial charge < -0.3 is 14.2 Å². The zero-order valence-corrected chi connectivity index (χ0v) is 13.8.